The number of hydrogen-bond donors (Lipinski definition) is 3. The number of halogens is 2. The normalized spacial score (nSPS) is 13.9. The monoisotopic (exact) mass is 307 g/mol. The van der Waals surface area contributed by atoms with E-state index in [9.17, 15) is 15.0 Å². The summed E-state index contributed by atoms with van der Waals surface area (Å²) < 4.78 is 4.68. The van der Waals surface area contributed by atoms with Gasteiger partial charge in [0.1, 0.15) is 6.10 Å². The van der Waals surface area contributed by atoms with Gasteiger partial charge in [-0.15, -0.1) is 0 Å². The topological polar surface area (TPSA) is 92.8 Å². The Labute approximate surface area is 120 Å². The number of nitrogen functional groups attached to an aromatic ring is 1. The number of esters is 1. The number of carbonyl (C=O) groups is 1. The van der Waals surface area contributed by atoms with Crippen LogP contribution in [-0.4, -0.2) is 28.9 Å². The van der Waals surface area contributed by atoms with E-state index in [1.165, 1.54) is 12.1 Å². The lowest BCUT2D eigenvalue weighted by atomic mass is 10.0. The van der Waals surface area contributed by atoms with Crippen molar-refractivity contribution >= 4 is 34.9 Å². The molecule has 1 rings (SSSR count). The van der Waals surface area contributed by atoms with Gasteiger partial charge in [-0.25, -0.2) is 0 Å². The smallest absolute Gasteiger partial charge is 0.308 e. The molecule has 0 fully saturated rings. The lowest BCUT2D eigenvalue weighted by Gasteiger charge is -2.20. The number of hydrogen-bond acceptors (Lipinski definition) is 5. The number of rotatable bonds is 5. The van der Waals surface area contributed by atoms with E-state index in [2.05, 4.69) is 4.74 Å². The van der Waals surface area contributed by atoms with E-state index >= 15 is 0 Å². The van der Waals surface area contributed by atoms with Crippen LogP contribution in [0.2, 0.25) is 10.0 Å². The quantitative estimate of drug-likeness (QED) is 0.571. The Morgan fingerprint density at radius 1 is 1.37 bits per heavy atom. The predicted molar refractivity (Wildman–Crippen MR) is 73.1 cm³/mol. The Morgan fingerprint density at radius 3 is 2.37 bits per heavy atom. The van der Waals surface area contributed by atoms with E-state index in [0.717, 1.165) is 0 Å². The first-order chi connectivity index (χ1) is 8.86. The Balaban J connectivity index is 2.88. The van der Waals surface area contributed by atoms with Gasteiger partial charge in [0.2, 0.25) is 0 Å². The number of anilines is 1. The van der Waals surface area contributed by atoms with Crippen molar-refractivity contribution in [1.29, 1.82) is 0 Å². The highest BCUT2D eigenvalue weighted by Crippen LogP contribution is 2.34. The van der Waals surface area contributed by atoms with Gasteiger partial charge in [-0.3, -0.25) is 4.79 Å². The van der Waals surface area contributed by atoms with Crippen molar-refractivity contribution in [3.05, 3.63) is 27.7 Å². The molecule has 0 amide bonds. The zero-order valence-corrected chi connectivity index (χ0v) is 11.8. The maximum absolute atomic E-state index is 11.2. The first kappa shape index (κ1) is 16.0. The number of benzene rings is 1. The molecule has 0 saturated heterocycles. The van der Waals surface area contributed by atoms with E-state index in [1.54, 1.807) is 6.92 Å². The lowest BCUT2D eigenvalue weighted by Crippen LogP contribution is -2.23. The SMILES string of the molecule is CCOC(=O)CC(O)C(O)c1c(Cl)cc(N)cc1Cl. The van der Waals surface area contributed by atoms with Gasteiger partial charge in [-0.1, -0.05) is 23.2 Å². The van der Waals surface area contributed by atoms with E-state index in [-0.39, 0.29) is 28.6 Å². The van der Waals surface area contributed by atoms with Gasteiger partial charge in [-0.05, 0) is 19.1 Å². The molecule has 0 aliphatic carbocycles. The van der Waals surface area contributed by atoms with Gasteiger partial charge < -0.3 is 20.7 Å². The van der Waals surface area contributed by atoms with Crippen molar-refractivity contribution < 1.29 is 19.7 Å². The molecule has 0 radical (unpaired) electrons. The fourth-order valence-electron chi connectivity index (χ4n) is 1.58. The van der Waals surface area contributed by atoms with Crippen LogP contribution in [0.4, 0.5) is 5.69 Å². The fraction of sp³-hybridized carbons (Fsp3) is 0.417. The average molecular weight is 308 g/mol. The standard InChI is InChI=1S/C12H15Cl2NO4/c1-2-19-10(17)5-9(16)12(18)11-7(13)3-6(15)4-8(11)14/h3-4,9,12,16,18H,2,5,15H2,1H3. The highest BCUT2D eigenvalue weighted by molar-refractivity contribution is 6.36. The van der Waals surface area contributed by atoms with Crippen molar-refractivity contribution in [2.75, 3.05) is 12.3 Å². The molecule has 0 bridgehead atoms. The molecule has 1 aromatic carbocycles. The van der Waals surface area contributed by atoms with Gasteiger partial charge >= 0.3 is 5.97 Å². The van der Waals surface area contributed by atoms with Crippen LogP contribution in [0.3, 0.4) is 0 Å². The molecule has 1 aromatic rings. The van der Waals surface area contributed by atoms with Crippen molar-refractivity contribution in [2.45, 2.75) is 25.6 Å². The molecular weight excluding hydrogens is 293 g/mol. The van der Waals surface area contributed by atoms with Crippen molar-refractivity contribution in [3.8, 4) is 0 Å². The number of nitrogens with two attached hydrogens (primary N) is 1. The Morgan fingerprint density at radius 2 is 1.89 bits per heavy atom. The molecule has 5 nitrogen and oxygen atoms in total. The third-order valence-corrected chi connectivity index (χ3v) is 3.07. The van der Waals surface area contributed by atoms with E-state index in [1.807, 2.05) is 0 Å². The minimum atomic E-state index is -1.40. The molecule has 7 heteroatoms. The molecule has 0 spiro atoms. The van der Waals surface area contributed by atoms with Gasteiger partial charge in [0.25, 0.3) is 0 Å². The average Bonchev–Trinajstić information content (AvgIpc) is 2.27. The van der Waals surface area contributed by atoms with Gasteiger partial charge in [0, 0.05) is 21.3 Å². The Kier molecular flexibility index (Phi) is 5.87. The highest BCUT2D eigenvalue weighted by atomic mass is 35.5. The number of ether oxygens (including phenoxy) is 1. The maximum atomic E-state index is 11.2. The third-order valence-electron chi connectivity index (χ3n) is 2.44. The Hall–Kier alpha value is -1.01. The maximum Gasteiger partial charge on any atom is 0.308 e. The second-order valence-corrected chi connectivity index (χ2v) is 4.73. The highest BCUT2D eigenvalue weighted by Gasteiger charge is 2.26. The molecule has 0 aliphatic heterocycles. The Bertz CT molecular complexity index is 444. The lowest BCUT2D eigenvalue weighted by molar-refractivity contribution is -0.147. The van der Waals surface area contributed by atoms with E-state index in [4.69, 9.17) is 28.9 Å². The summed E-state index contributed by atoms with van der Waals surface area (Å²) in [5.41, 5.74) is 6.01. The van der Waals surface area contributed by atoms with Crippen LogP contribution in [0.5, 0.6) is 0 Å². The van der Waals surface area contributed by atoms with Crippen molar-refractivity contribution in [2.24, 2.45) is 0 Å². The fourth-order valence-corrected chi connectivity index (χ4v) is 2.31. The van der Waals surface area contributed by atoms with Gasteiger partial charge in [0.05, 0.1) is 19.1 Å². The first-order valence-electron chi connectivity index (χ1n) is 5.63. The third kappa shape index (κ3) is 4.24. The molecule has 2 unspecified atom stereocenters. The largest absolute Gasteiger partial charge is 0.466 e. The second kappa shape index (κ2) is 6.96. The van der Waals surface area contributed by atoms with Crippen LogP contribution in [0, 0.1) is 0 Å². The van der Waals surface area contributed by atoms with Crippen LogP contribution in [-0.2, 0) is 9.53 Å². The zero-order valence-electron chi connectivity index (χ0n) is 10.3. The molecule has 2 atom stereocenters. The summed E-state index contributed by atoms with van der Waals surface area (Å²) in [6.45, 7) is 1.85. The number of aliphatic hydroxyl groups excluding tert-OH is 2. The van der Waals surface area contributed by atoms with Gasteiger partial charge in [-0.2, -0.15) is 0 Å². The van der Waals surface area contributed by atoms with Gasteiger partial charge in [0.15, 0.2) is 0 Å². The van der Waals surface area contributed by atoms with Crippen LogP contribution in [0.1, 0.15) is 25.0 Å². The molecule has 4 N–H and O–H groups in total. The minimum absolute atomic E-state index is 0.125. The molecule has 0 heterocycles. The summed E-state index contributed by atoms with van der Waals surface area (Å²) in [4.78, 5) is 11.2. The molecule has 0 aromatic heterocycles. The second-order valence-electron chi connectivity index (χ2n) is 3.92. The number of aliphatic hydroxyl groups is 2. The zero-order chi connectivity index (χ0) is 14.6. The summed E-state index contributed by atoms with van der Waals surface area (Å²) >= 11 is 11.8. The van der Waals surface area contributed by atoms with Crippen LogP contribution < -0.4 is 5.73 Å². The summed E-state index contributed by atoms with van der Waals surface area (Å²) in [5, 5.41) is 20.0. The summed E-state index contributed by atoms with van der Waals surface area (Å²) in [6.07, 6.45) is -3.12. The van der Waals surface area contributed by atoms with E-state index in [0.29, 0.717) is 5.69 Å². The molecule has 0 saturated carbocycles. The number of carbonyl (C=O) groups excluding carboxylic acids is 1. The van der Waals surface area contributed by atoms with Crippen LogP contribution in [0.25, 0.3) is 0 Å². The van der Waals surface area contributed by atoms with Crippen molar-refractivity contribution in [3.63, 3.8) is 0 Å². The molecule has 19 heavy (non-hydrogen) atoms. The molecule has 106 valence electrons. The summed E-state index contributed by atoms with van der Waals surface area (Å²) in [5.74, 6) is -0.614. The predicted octanol–water partition coefficient (Wildman–Crippen LogP) is 1.92. The molecule has 0 aliphatic rings. The molecular formula is C12H15Cl2NO4. The van der Waals surface area contributed by atoms with Crippen LogP contribution >= 0.6 is 23.2 Å². The van der Waals surface area contributed by atoms with Crippen molar-refractivity contribution in [1.82, 2.24) is 0 Å². The summed E-state index contributed by atoms with van der Waals surface area (Å²) in [7, 11) is 0. The summed E-state index contributed by atoms with van der Waals surface area (Å²) in [6, 6.07) is 2.81. The van der Waals surface area contributed by atoms with E-state index < -0.39 is 18.2 Å². The minimum Gasteiger partial charge on any atom is -0.466 e. The first-order valence-corrected chi connectivity index (χ1v) is 6.38. The van der Waals surface area contributed by atoms with Crippen LogP contribution in [0.15, 0.2) is 12.1 Å².